The van der Waals surface area contributed by atoms with Gasteiger partial charge in [0.1, 0.15) is 36.6 Å². The Labute approximate surface area is 121 Å². The van der Waals surface area contributed by atoms with Crippen molar-refractivity contribution >= 4 is 0 Å². The zero-order valence-electron chi connectivity index (χ0n) is 11.9. The van der Waals surface area contributed by atoms with Gasteiger partial charge >= 0.3 is 0 Å². The summed E-state index contributed by atoms with van der Waals surface area (Å²) in [6.45, 7) is -0.0145. The van der Waals surface area contributed by atoms with Crippen molar-refractivity contribution in [1.82, 2.24) is 0 Å². The van der Waals surface area contributed by atoms with Crippen LogP contribution in [-0.4, -0.2) is 97.1 Å². The van der Waals surface area contributed by atoms with Gasteiger partial charge in [0.2, 0.25) is 0 Å². The Morgan fingerprint density at radius 3 is 1.86 bits per heavy atom. The highest BCUT2D eigenvalue weighted by atomic mass is 16.7. The Hall–Kier alpha value is -0.360. The summed E-state index contributed by atoms with van der Waals surface area (Å²) in [7, 11) is 2.74. The van der Waals surface area contributed by atoms with Crippen LogP contribution < -0.4 is 0 Å². The summed E-state index contributed by atoms with van der Waals surface area (Å²) in [6, 6.07) is 0. The molecule has 3 unspecified atom stereocenters. The second-order valence-electron chi connectivity index (χ2n) is 5.05. The maximum Gasteiger partial charge on any atom is 0.186 e. The van der Waals surface area contributed by atoms with Crippen LogP contribution in [0.4, 0.5) is 0 Å². The molecule has 2 fully saturated rings. The summed E-state index contributed by atoms with van der Waals surface area (Å²) in [5.74, 6) is 0. The van der Waals surface area contributed by atoms with E-state index in [1.807, 2.05) is 0 Å². The van der Waals surface area contributed by atoms with E-state index in [1.165, 1.54) is 14.2 Å². The van der Waals surface area contributed by atoms with Crippen molar-refractivity contribution in [2.45, 2.75) is 49.2 Å². The van der Waals surface area contributed by atoms with Crippen molar-refractivity contribution in [2.24, 2.45) is 0 Å². The Bertz CT molecular complexity index is 298. The van der Waals surface area contributed by atoms with E-state index in [0.717, 1.165) is 0 Å². The SMILES string of the molecule is CO[C@@H]1OC[C@@H](O[C@@H]2OC[C@@H](OC)C(O)[C@@H]2O)C(O)C1O. The fourth-order valence-corrected chi connectivity index (χ4v) is 2.36. The molecule has 21 heavy (non-hydrogen) atoms. The van der Waals surface area contributed by atoms with Gasteiger partial charge in [0.05, 0.1) is 13.2 Å². The minimum atomic E-state index is -1.34. The van der Waals surface area contributed by atoms with Crippen molar-refractivity contribution in [1.29, 1.82) is 0 Å². The Kier molecular flexibility index (Phi) is 5.88. The summed E-state index contributed by atoms with van der Waals surface area (Å²) in [5.41, 5.74) is 0. The summed E-state index contributed by atoms with van der Waals surface area (Å²) in [4.78, 5) is 0. The molecule has 9 nitrogen and oxygen atoms in total. The number of methoxy groups -OCH3 is 2. The number of hydrogen-bond donors (Lipinski definition) is 4. The lowest BCUT2D eigenvalue weighted by atomic mass is 10.0. The van der Waals surface area contributed by atoms with Crippen LogP contribution >= 0.6 is 0 Å². The number of rotatable bonds is 4. The third-order valence-electron chi connectivity index (χ3n) is 3.71. The largest absolute Gasteiger partial charge is 0.387 e. The average Bonchev–Trinajstić information content (AvgIpc) is 2.49. The van der Waals surface area contributed by atoms with Gasteiger partial charge in [-0.2, -0.15) is 0 Å². The van der Waals surface area contributed by atoms with Gasteiger partial charge in [-0.3, -0.25) is 0 Å². The van der Waals surface area contributed by atoms with Crippen LogP contribution in [0.3, 0.4) is 0 Å². The number of aliphatic hydroxyl groups excluding tert-OH is 4. The molecule has 0 bridgehead atoms. The Morgan fingerprint density at radius 2 is 1.24 bits per heavy atom. The maximum absolute atomic E-state index is 9.96. The molecule has 0 aliphatic carbocycles. The molecule has 8 atom stereocenters. The maximum atomic E-state index is 9.96. The summed E-state index contributed by atoms with van der Waals surface area (Å²) < 4.78 is 25.7. The van der Waals surface area contributed by atoms with Gasteiger partial charge in [-0.25, -0.2) is 0 Å². The monoisotopic (exact) mass is 310 g/mol. The van der Waals surface area contributed by atoms with Crippen LogP contribution in [-0.2, 0) is 23.7 Å². The minimum Gasteiger partial charge on any atom is -0.387 e. The zero-order valence-corrected chi connectivity index (χ0v) is 11.9. The zero-order chi connectivity index (χ0) is 15.6. The second kappa shape index (κ2) is 7.27. The second-order valence-corrected chi connectivity index (χ2v) is 5.05. The lowest BCUT2D eigenvalue weighted by molar-refractivity contribution is -0.327. The topological polar surface area (TPSA) is 127 Å². The van der Waals surface area contributed by atoms with Crippen LogP contribution in [0.1, 0.15) is 0 Å². The van der Waals surface area contributed by atoms with Gasteiger partial charge in [-0.05, 0) is 0 Å². The first-order valence-electron chi connectivity index (χ1n) is 6.66. The lowest BCUT2D eigenvalue weighted by Crippen LogP contribution is -2.59. The number of hydrogen-bond acceptors (Lipinski definition) is 9. The Morgan fingerprint density at radius 1 is 0.714 bits per heavy atom. The quantitative estimate of drug-likeness (QED) is 0.435. The van der Waals surface area contributed by atoms with Gasteiger partial charge in [0.25, 0.3) is 0 Å². The standard InChI is InChI=1S/C12H22O9/c1-17-5-3-20-12(10(16)7(5)13)21-6-4-19-11(18-2)9(15)8(6)14/h5-16H,3-4H2,1-2H3/t5-,6-,7?,8?,9?,10+,11-,12+/m1/s1. The molecule has 0 spiro atoms. The molecule has 4 N–H and O–H groups in total. The predicted octanol–water partition coefficient (Wildman–Crippen LogP) is -2.81. The third kappa shape index (κ3) is 3.52. The van der Waals surface area contributed by atoms with Crippen LogP contribution in [0.2, 0.25) is 0 Å². The van der Waals surface area contributed by atoms with Crippen LogP contribution in [0.25, 0.3) is 0 Å². The number of ether oxygens (including phenoxy) is 5. The minimum absolute atomic E-state index is 0.0340. The van der Waals surface area contributed by atoms with Gasteiger partial charge in [0.15, 0.2) is 12.6 Å². The molecule has 2 aliphatic rings. The molecule has 0 amide bonds. The van der Waals surface area contributed by atoms with E-state index in [2.05, 4.69) is 0 Å². The molecule has 124 valence electrons. The average molecular weight is 310 g/mol. The first-order chi connectivity index (χ1) is 9.99. The molecule has 0 aromatic rings. The molecule has 2 rings (SSSR count). The fourth-order valence-electron chi connectivity index (χ4n) is 2.36. The summed E-state index contributed by atoms with van der Waals surface area (Å²) in [5, 5.41) is 39.5. The Balaban J connectivity index is 1.93. The highest BCUT2D eigenvalue weighted by Crippen LogP contribution is 2.24. The summed E-state index contributed by atoms with van der Waals surface area (Å²) in [6.07, 6.45) is -8.74. The molecule has 0 aromatic heterocycles. The summed E-state index contributed by atoms with van der Waals surface area (Å²) >= 11 is 0. The normalized spacial score (nSPS) is 48.3. The van der Waals surface area contributed by atoms with Crippen molar-refractivity contribution in [3.63, 3.8) is 0 Å². The van der Waals surface area contributed by atoms with E-state index in [9.17, 15) is 20.4 Å². The first-order valence-corrected chi connectivity index (χ1v) is 6.66. The third-order valence-corrected chi connectivity index (χ3v) is 3.71. The first kappa shape index (κ1) is 17.0. The van der Waals surface area contributed by atoms with Gasteiger partial charge in [0, 0.05) is 14.2 Å². The van der Waals surface area contributed by atoms with Crippen LogP contribution in [0, 0.1) is 0 Å². The predicted molar refractivity (Wildman–Crippen MR) is 66.2 cm³/mol. The molecule has 2 heterocycles. The van der Waals surface area contributed by atoms with E-state index in [-0.39, 0.29) is 13.2 Å². The van der Waals surface area contributed by atoms with E-state index >= 15 is 0 Å². The van der Waals surface area contributed by atoms with E-state index in [0.29, 0.717) is 0 Å². The highest BCUT2D eigenvalue weighted by molar-refractivity contribution is 4.88. The molecule has 0 radical (unpaired) electrons. The van der Waals surface area contributed by atoms with E-state index in [4.69, 9.17) is 23.7 Å². The van der Waals surface area contributed by atoms with Crippen molar-refractivity contribution in [3.05, 3.63) is 0 Å². The molecule has 2 aliphatic heterocycles. The fraction of sp³-hybridized carbons (Fsp3) is 1.00. The van der Waals surface area contributed by atoms with E-state index in [1.54, 1.807) is 0 Å². The van der Waals surface area contributed by atoms with Crippen LogP contribution in [0.15, 0.2) is 0 Å². The molecular weight excluding hydrogens is 288 g/mol. The molecular formula is C12H22O9. The van der Waals surface area contributed by atoms with E-state index < -0.39 is 49.2 Å². The molecule has 0 aromatic carbocycles. The number of aliphatic hydroxyl groups is 4. The van der Waals surface area contributed by atoms with Gasteiger partial charge in [-0.1, -0.05) is 0 Å². The van der Waals surface area contributed by atoms with Crippen molar-refractivity contribution in [2.75, 3.05) is 27.4 Å². The smallest absolute Gasteiger partial charge is 0.186 e. The molecule has 2 saturated heterocycles. The highest BCUT2D eigenvalue weighted by Gasteiger charge is 2.45. The van der Waals surface area contributed by atoms with Crippen LogP contribution in [0.5, 0.6) is 0 Å². The molecule has 0 saturated carbocycles. The molecule has 9 heteroatoms. The van der Waals surface area contributed by atoms with Gasteiger partial charge in [-0.15, -0.1) is 0 Å². The lowest BCUT2D eigenvalue weighted by Gasteiger charge is -2.41. The van der Waals surface area contributed by atoms with Gasteiger partial charge < -0.3 is 44.1 Å². The van der Waals surface area contributed by atoms with Crippen molar-refractivity contribution in [3.8, 4) is 0 Å². The van der Waals surface area contributed by atoms with Crippen molar-refractivity contribution < 1.29 is 44.1 Å².